The molecule has 1 heterocycles. The highest BCUT2D eigenvalue weighted by molar-refractivity contribution is 6.01. The summed E-state index contributed by atoms with van der Waals surface area (Å²) in [7, 11) is 0. The summed E-state index contributed by atoms with van der Waals surface area (Å²) in [6, 6.07) is 13.7. The van der Waals surface area contributed by atoms with E-state index in [0.29, 0.717) is 18.9 Å². The fourth-order valence-electron chi connectivity index (χ4n) is 3.44. The van der Waals surface area contributed by atoms with Crippen LogP contribution in [0.1, 0.15) is 33.6 Å². The van der Waals surface area contributed by atoms with Gasteiger partial charge in [0.1, 0.15) is 5.75 Å². The van der Waals surface area contributed by atoms with Crippen molar-refractivity contribution in [2.75, 3.05) is 24.3 Å². The largest absolute Gasteiger partial charge is 0.494 e. The number of anilines is 2. The number of nitrogen functional groups attached to an aromatic ring is 1. The summed E-state index contributed by atoms with van der Waals surface area (Å²) in [6.45, 7) is 7.95. The van der Waals surface area contributed by atoms with Crippen molar-refractivity contribution in [2.45, 2.75) is 40.2 Å². The smallest absolute Gasteiger partial charge is 0.411 e. The molecule has 0 aliphatic heterocycles. The number of hydrogen-bond acceptors (Lipinski definition) is 4. The first-order chi connectivity index (χ1) is 14.1. The van der Waals surface area contributed by atoms with Gasteiger partial charge in [-0.05, 0) is 44.0 Å². The topological polar surface area (TPSA) is 78.5 Å². The summed E-state index contributed by atoms with van der Waals surface area (Å²) in [4.78, 5) is 11.8. The van der Waals surface area contributed by atoms with E-state index in [1.165, 1.54) is 0 Å². The van der Waals surface area contributed by atoms with Crippen LogP contribution in [0.4, 0.5) is 16.2 Å². The molecule has 3 N–H and O–H groups in total. The zero-order chi connectivity index (χ0) is 20.8. The van der Waals surface area contributed by atoms with Crippen molar-refractivity contribution in [1.82, 2.24) is 4.57 Å². The molecule has 0 saturated heterocycles. The van der Waals surface area contributed by atoms with Gasteiger partial charge >= 0.3 is 6.09 Å². The van der Waals surface area contributed by atoms with E-state index in [-0.39, 0.29) is 0 Å². The lowest BCUT2D eigenvalue weighted by Gasteiger charge is -2.12. The van der Waals surface area contributed by atoms with Crippen LogP contribution < -0.4 is 15.8 Å². The van der Waals surface area contributed by atoms with E-state index >= 15 is 0 Å². The minimum absolute atomic E-state index is 0.404. The van der Waals surface area contributed by atoms with Gasteiger partial charge in [0.2, 0.25) is 0 Å². The van der Waals surface area contributed by atoms with Crippen LogP contribution >= 0.6 is 0 Å². The quantitative estimate of drug-likeness (QED) is 0.516. The number of rotatable bonds is 8. The molecular formula is C23H29N3O3. The minimum atomic E-state index is -0.442. The second-order valence-corrected chi connectivity index (χ2v) is 6.86. The second kappa shape index (κ2) is 9.37. The number of carbonyl (C=O) groups excluding carboxylic acids is 1. The van der Waals surface area contributed by atoms with Gasteiger partial charge in [-0.3, -0.25) is 5.32 Å². The first kappa shape index (κ1) is 20.6. The average molecular weight is 396 g/mol. The number of hydrogen-bond donors (Lipinski definition) is 2. The van der Waals surface area contributed by atoms with E-state index in [4.69, 9.17) is 15.2 Å². The summed E-state index contributed by atoms with van der Waals surface area (Å²) in [5, 5.41) is 3.76. The summed E-state index contributed by atoms with van der Waals surface area (Å²) in [6.07, 6.45) is 1.33. The van der Waals surface area contributed by atoms with E-state index < -0.39 is 6.09 Å². The van der Waals surface area contributed by atoms with E-state index in [9.17, 15) is 4.79 Å². The second-order valence-electron chi connectivity index (χ2n) is 6.86. The number of nitrogens with zero attached hydrogens (tertiary/aromatic N) is 1. The molecule has 3 rings (SSSR count). The predicted octanol–water partition coefficient (Wildman–Crippen LogP) is 5.66. The molecule has 6 heteroatoms. The maximum absolute atomic E-state index is 11.8. The van der Waals surface area contributed by atoms with Gasteiger partial charge in [-0.2, -0.15) is 0 Å². The Labute approximate surface area is 171 Å². The van der Waals surface area contributed by atoms with Crippen molar-refractivity contribution < 1.29 is 14.3 Å². The van der Waals surface area contributed by atoms with Crippen LogP contribution in [-0.4, -0.2) is 23.9 Å². The SMILES string of the molecule is CCCOC(=O)Nc1ccc(-c2c(N)c3ccc(OCC)cc3n2CCC)cc1. The highest BCUT2D eigenvalue weighted by atomic mass is 16.5. The molecule has 0 aliphatic rings. The number of aryl methyl sites for hydroxylation is 1. The fourth-order valence-corrected chi connectivity index (χ4v) is 3.44. The van der Waals surface area contributed by atoms with Crippen LogP contribution in [0.3, 0.4) is 0 Å². The molecule has 29 heavy (non-hydrogen) atoms. The maximum Gasteiger partial charge on any atom is 0.411 e. The molecule has 1 amide bonds. The Morgan fingerprint density at radius 2 is 1.83 bits per heavy atom. The third-order valence-electron chi connectivity index (χ3n) is 4.68. The highest BCUT2D eigenvalue weighted by Crippen LogP contribution is 2.38. The van der Waals surface area contributed by atoms with Gasteiger partial charge in [-0.15, -0.1) is 0 Å². The number of aromatic nitrogens is 1. The van der Waals surface area contributed by atoms with Gasteiger partial charge < -0.3 is 19.8 Å². The molecule has 0 unspecified atom stereocenters. The molecule has 0 spiro atoms. The van der Waals surface area contributed by atoms with Crippen LogP contribution in [-0.2, 0) is 11.3 Å². The van der Waals surface area contributed by atoms with Crippen molar-refractivity contribution in [3.63, 3.8) is 0 Å². The number of nitrogens with one attached hydrogen (secondary N) is 1. The van der Waals surface area contributed by atoms with E-state index in [2.05, 4.69) is 16.8 Å². The number of fused-ring (bicyclic) bond motifs is 1. The van der Waals surface area contributed by atoms with Crippen molar-refractivity contribution in [1.29, 1.82) is 0 Å². The monoisotopic (exact) mass is 395 g/mol. The van der Waals surface area contributed by atoms with Crippen molar-refractivity contribution in [3.05, 3.63) is 42.5 Å². The molecular weight excluding hydrogens is 366 g/mol. The molecule has 0 aliphatic carbocycles. The van der Waals surface area contributed by atoms with Crippen molar-refractivity contribution >= 4 is 28.4 Å². The van der Waals surface area contributed by atoms with Crippen molar-refractivity contribution in [3.8, 4) is 17.0 Å². The zero-order valence-electron chi connectivity index (χ0n) is 17.3. The molecule has 0 bridgehead atoms. The van der Waals surface area contributed by atoms with Gasteiger partial charge in [0.05, 0.1) is 30.1 Å². The van der Waals surface area contributed by atoms with Gasteiger partial charge in [-0.25, -0.2) is 4.79 Å². The summed E-state index contributed by atoms with van der Waals surface area (Å²) < 4.78 is 13.0. The third kappa shape index (κ3) is 4.47. The molecule has 2 aromatic carbocycles. The first-order valence-corrected chi connectivity index (χ1v) is 10.2. The lowest BCUT2D eigenvalue weighted by atomic mass is 10.1. The molecule has 6 nitrogen and oxygen atoms in total. The standard InChI is InChI=1S/C23H29N3O3/c1-4-13-26-20-15-18(28-6-3)11-12-19(20)21(24)22(26)16-7-9-17(10-8-16)25-23(27)29-14-5-2/h7-12,15H,4-6,13-14,24H2,1-3H3,(H,25,27). The fraction of sp³-hybridized carbons (Fsp3) is 0.348. The lowest BCUT2D eigenvalue weighted by molar-refractivity contribution is 0.161. The van der Waals surface area contributed by atoms with Crippen LogP contribution in [0.2, 0.25) is 0 Å². The maximum atomic E-state index is 11.8. The molecule has 154 valence electrons. The minimum Gasteiger partial charge on any atom is -0.494 e. The van der Waals surface area contributed by atoms with Crippen LogP contribution in [0, 0.1) is 0 Å². The number of ether oxygens (including phenoxy) is 2. The van der Waals surface area contributed by atoms with E-state index in [0.717, 1.165) is 53.0 Å². The van der Waals surface area contributed by atoms with Crippen LogP contribution in [0.5, 0.6) is 5.75 Å². The molecule has 1 aromatic heterocycles. The number of carbonyl (C=O) groups is 1. The van der Waals surface area contributed by atoms with Gasteiger partial charge in [0.15, 0.2) is 0 Å². The normalized spacial score (nSPS) is 10.9. The summed E-state index contributed by atoms with van der Waals surface area (Å²) >= 11 is 0. The van der Waals surface area contributed by atoms with E-state index in [1.807, 2.05) is 56.3 Å². The molecule has 0 fully saturated rings. The summed E-state index contributed by atoms with van der Waals surface area (Å²) in [5.41, 5.74) is 11.0. The Hall–Kier alpha value is -3.15. The van der Waals surface area contributed by atoms with Crippen LogP contribution in [0.15, 0.2) is 42.5 Å². The Bertz CT molecular complexity index is 977. The third-order valence-corrected chi connectivity index (χ3v) is 4.68. The number of amides is 1. The van der Waals surface area contributed by atoms with Gasteiger partial charge in [0, 0.05) is 29.2 Å². The van der Waals surface area contributed by atoms with Gasteiger partial charge in [-0.1, -0.05) is 26.0 Å². The number of benzene rings is 2. The predicted molar refractivity (Wildman–Crippen MR) is 119 cm³/mol. The van der Waals surface area contributed by atoms with Crippen molar-refractivity contribution in [2.24, 2.45) is 0 Å². The van der Waals surface area contributed by atoms with Crippen LogP contribution in [0.25, 0.3) is 22.2 Å². The Kier molecular flexibility index (Phi) is 6.65. The average Bonchev–Trinajstić information content (AvgIpc) is 2.99. The number of nitrogens with two attached hydrogens (primary N) is 1. The molecule has 0 saturated carbocycles. The Morgan fingerprint density at radius 3 is 2.48 bits per heavy atom. The Morgan fingerprint density at radius 1 is 1.07 bits per heavy atom. The molecule has 3 aromatic rings. The summed E-state index contributed by atoms with van der Waals surface area (Å²) in [5.74, 6) is 0.839. The molecule has 0 atom stereocenters. The molecule has 0 radical (unpaired) electrons. The first-order valence-electron chi connectivity index (χ1n) is 10.2. The lowest BCUT2D eigenvalue weighted by Crippen LogP contribution is -2.13. The highest BCUT2D eigenvalue weighted by Gasteiger charge is 2.17. The van der Waals surface area contributed by atoms with Gasteiger partial charge in [0.25, 0.3) is 0 Å². The van der Waals surface area contributed by atoms with E-state index in [1.54, 1.807) is 0 Å². The Balaban J connectivity index is 1.96. The zero-order valence-corrected chi connectivity index (χ0v) is 17.3.